The van der Waals surface area contributed by atoms with E-state index in [1.54, 1.807) is 17.4 Å². The highest BCUT2D eigenvalue weighted by molar-refractivity contribution is 7.93. The van der Waals surface area contributed by atoms with Crippen molar-refractivity contribution < 1.29 is 8.42 Å². The zero-order chi connectivity index (χ0) is 21.3. The SMILES string of the molecule is CCN(CC)c1ccc(NS(=O)(=O)c2cc(-c3nc(C)c(C)s3)sc2C)c(C)c1. The van der Waals surface area contributed by atoms with Crippen molar-refractivity contribution in [2.24, 2.45) is 0 Å². The van der Waals surface area contributed by atoms with Crippen LogP contribution in [0.5, 0.6) is 0 Å². The third-order valence-electron chi connectivity index (χ3n) is 4.98. The van der Waals surface area contributed by atoms with Crippen LogP contribution in [0.25, 0.3) is 9.88 Å². The molecule has 0 fully saturated rings. The fourth-order valence-corrected chi connectivity index (χ4v) is 6.85. The highest BCUT2D eigenvalue weighted by atomic mass is 32.2. The van der Waals surface area contributed by atoms with Crippen molar-refractivity contribution in [3.05, 3.63) is 45.3 Å². The molecule has 5 nitrogen and oxygen atoms in total. The first-order valence-corrected chi connectivity index (χ1v) is 12.7. The standard InChI is InChI=1S/C21H27N3O2S3/c1-7-24(8-2)17-9-10-18(13(3)11-17)23-29(25,26)20-12-19(27-16(20)6)21-22-14(4)15(5)28-21/h9-12,23H,7-8H2,1-6H3. The van der Waals surface area contributed by atoms with E-state index in [-0.39, 0.29) is 0 Å². The van der Waals surface area contributed by atoms with Crippen LogP contribution in [-0.2, 0) is 10.0 Å². The quantitative estimate of drug-likeness (QED) is 0.499. The van der Waals surface area contributed by atoms with Gasteiger partial charge < -0.3 is 4.90 Å². The van der Waals surface area contributed by atoms with Gasteiger partial charge in [-0.2, -0.15) is 0 Å². The van der Waals surface area contributed by atoms with Crippen LogP contribution in [0.15, 0.2) is 29.2 Å². The Balaban J connectivity index is 1.90. The summed E-state index contributed by atoms with van der Waals surface area (Å²) >= 11 is 3.06. The van der Waals surface area contributed by atoms with E-state index in [9.17, 15) is 8.42 Å². The van der Waals surface area contributed by atoms with E-state index in [0.717, 1.165) is 49.7 Å². The van der Waals surface area contributed by atoms with Crippen LogP contribution in [0.4, 0.5) is 11.4 Å². The molecular weight excluding hydrogens is 422 g/mol. The number of thiazole rings is 1. The van der Waals surface area contributed by atoms with Gasteiger partial charge in [0.05, 0.1) is 16.3 Å². The van der Waals surface area contributed by atoms with E-state index in [2.05, 4.69) is 28.5 Å². The van der Waals surface area contributed by atoms with Gasteiger partial charge in [0, 0.05) is 28.5 Å². The molecule has 1 N–H and O–H groups in total. The van der Waals surface area contributed by atoms with Crippen molar-refractivity contribution in [1.29, 1.82) is 0 Å². The molecule has 0 atom stereocenters. The Morgan fingerprint density at radius 2 is 1.69 bits per heavy atom. The lowest BCUT2D eigenvalue weighted by atomic mass is 10.1. The number of hydrogen-bond donors (Lipinski definition) is 1. The van der Waals surface area contributed by atoms with Gasteiger partial charge in [-0.05, 0) is 71.4 Å². The minimum atomic E-state index is -3.68. The molecule has 0 saturated carbocycles. The molecule has 0 aliphatic heterocycles. The molecule has 0 unspecified atom stereocenters. The maximum Gasteiger partial charge on any atom is 0.263 e. The van der Waals surface area contributed by atoms with Crippen molar-refractivity contribution in [1.82, 2.24) is 4.98 Å². The maximum atomic E-state index is 13.1. The Morgan fingerprint density at radius 3 is 2.24 bits per heavy atom. The first-order chi connectivity index (χ1) is 13.7. The van der Waals surface area contributed by atoms with E-state index < -0.39 is 10.0 Å². The Labute approximate surface area is 181 Å². The van der Waals surface area contributed by atoms with E-state index in [1.807, 2.05) is 45.9 Å². The van der Waals surface area contributed by atoms with Crippen LogP contribution in [0, 0.1) is 27.7 Å². The molecule has 0 bridgehead atoms. The van der Waals surface area contributed by atoms with E-state index in [0.29, 0.717) is 10.6 Å². The first-order valence-electron chi connectivity index (χ1n) is 9.59. The highest BCUT2D eigenvalue weighted by Gasteiger charge is 2.22. The lowest BCUT2D eigenvalue weighted by molar-refractivity contribution is 0.601. The van der Waals surface area contributed by atoms with Crippen LogP contribution in [0.3, 0.4) is 0 Å². The fourth-order valence-electron chi connectivity index (χ4n) is 3.16. The summed E-state index contributed by atoms with van der Waals surface area (Å²) in [7, 11) is -3.68. The van der Waals surface area contributed by atoms with Gasteiger partial charge in [0.25, 0.3) is 10.0 Å². The molecule has 1 aromatic carbocycles. The Kier molecular flexibility index (Phi) is 6.36. The van der Waals surface area contributed by atoms with Gasteiger partial charge in [-0.25, -0.2) is 13.4 Å². The molecular formula is C21H27N3O2S3. The van der Waals surface area contributed by atoms with E-state index in [1.165, 1.54) is 11.3 Å². The van der Waals surface area contributed by atoms with E-state index in [4.69, 9.17) is 0 Å². The van der Waals surface area contributed by atoms with Gasteiger partial charge in [-0.15, -0.1) is 22.7 Å². The highest BCUT2D eigenvalue weighted by Crippen LogP contribution is 2.37. The van der Waals surface area contributed by atoms with Crippen molar-refractivity contribution in [2.75, 3.05) is 22.7 Å². The van der Waals surface area contributed by atoms with Crippen molar-refractivity contribution in [3.63, 3.8) is 0 Å². The van der Waals surface area contributed by atoms with Crippen molar-refractivity contribution in [2.45, 2.75) is 46.4 Å². The Morgan fingerprint density at radius 1 is 1.00 bits per heavy atom. The zero-order valence-corrected chi connectivity index (χ0v) is 20.1. The average Bonchev–Trinajstić information content (AvgIpc) is 3.21. The minimum Gasteiger partial charge on any atom is -0.372 e. The number of sulfonamides is 1. The molecule has 3 rings (SSSR count). The molecule has 0 spiro atoms. The summed E-state index contributed by atoms with van der Waals surface area (Å²) in [6.07, 6.45) is 0. The molecule has 0 aliphatic carbocycles. The van der Waals surface area contributed by atoms with Crippen LogP contribution >= 0.6 is 22.7 Å². The van der Waals surface area contributed by atoms with Gasteiger partial charge in [-0.1, -0.05) is 0 Å². The molecule has 3 aromatic rings. The summed E-state index contributed by atoms with van der Waals surface area (Å²) in [5.41, 5.74) is 3.59. The van der Waals surface area contributed by atoms with Crippen LogP contribution in [0.2, 0.25) is 0 Å². The molecule has 0 amide bonds. The van der Waals surface area contributed by atoms with Crippen LogP contribution in [0.1, 0.15) is 34.9 Å². The van der Waals surface area contributed by atoms with Gasteiger partial charge in [0.1, 0.15) is 9.90 Å². The largest absolute Gasteiger partial charge is 0.372 e. The molecule has 0 radical (unpaired) electrons. The average molecular weight is 450 g/mol. The molecule has 156 valence electrons. The monoisotopic (exact) mass is 449 g/mol. The number of rotatable bonds is 7. The lowest BCUT2D eigenvalue weighted by Crippen LogP contribution is -2.22. The predicted octanol–water partition coefficient (Wildman–Crippen LogP) is 5.75. The first kappa shape index (κ1) is 21.8. The maximum absolute atomic E-state index is 13.1. The van der Waals surface area contributed by atoms with Crippen molar-refractivity contribution >= 4 is 44.1 Å². The zero-order valence-electron chi connectivity index (χ0n) is 17.7. The second-order valence-electron chi connectivity index (χ2n) is 6.97. The molecule has 2 heterocycles. The summed E-state index contributed by atoms with van der Waals surface area (Å²) in [5.74, 6) is 0. The number of anilines is 2. The third-order valence-corrected chi connectivity index (χ3v) is 8.90. The second-order valence-corrected chi connectivity index (χ2v) is 11.1. The smallest absolute Gasteiger partial charge is 0.263 e. The van der Waals surface area contributed by atoms with Gasteiger partial charge >= 0.3 is 0 Å². The normalized spacial score (nSPS) is 11.7. The number of benzene rings is 1. The van der Waals surface area contributed by atoms with Gasteiger partial charge in [0.2, 0.25) is 0 Å². The van der Waals surface area contributed by atoms with Gasteiger partial charge in [0.15, 0.2) is 0 Å². The number of nitrogens with one attached hydrogen (secondary N) is 1. The molecule has 8 heteroatoms. The molecule has 0 saturated heterocycles. The van der Waals surface area contributed by atoms with Gasteiger partial charge in [-0.3, -0.25) is 4.72 Å². The summed E-state index contributed by atoms with van der Waals surface area (Å²) < 4.78 is 29.0. The topological polar surface area (TPSA) is 62.3 Å². The lowest BCUT2D eigenvalue weighted by Gasteiger charge is -2.22. The summed E-state index contributed by atoms with van der Waals surface area (Å²) in [6.45, 7) is 13.8. The number of nitrogens with zero attached hydrogens (tertiary/aromatic N) is 2. The number of thiophene rings is 1. The predicted molar refractivity (Wildman–Crippen MR) is 125 cm³/mol. The Hall–Kier alpha value is -1.90. The molecule has 2 aromatic heterocycles. The Bertz CT molecular complexity index is 1110. The van der Waals surface area contributed by atoms with E-state index >= 15 is 0 Å². The fraction of sp³-hybridized carbons (Fsp3) is 0.381. The second kappa shape index (κ2) is 8.45. The number of aryl methyl sites for hydroxylation is 4. The number of hydrogen-bond acceptors (Lipinski definition) is 6. The molecule has 29 heavy (non-hydrogen) atoms. The van der Waals surface area contributed by atoms with Crippen LogP contribution in [-0.4, -0.2) is 26.5 Å². The minimum absolute atomic E-state index is 0.315. The van der Waals surface area contributed by atoms with Crippen LogP contribution < -0.4 is 9.62 Å². The number of aromatic nitrogens is 1. The third kappa shape index (κ3) is 4.49. The summed E-state index contributed by atoms with van der Waals surface area (Å²) in [6, 6.07) is 7.57. The summed E-state index contributed by atoms with van der Waals surface area (Å²) in [4.78, 5) is 9.91. The molecule has 0 aliphatic rings. The summed E-state index contributed by atoms with van der Waals surface area (Å²) in [5, 5.41) is 0.870. The van der Waals surface area contributed by atoms with Crippen molar-refractivity contribution in [3.8, 4) is 9.88 Å².